The van der Waals surface area contributed by atoms with E-state index in [1.807, 2.05) is 6.20 Å². The lowest BCUT2D eigenvalue weighted by Crippen LogP contribution is -2.31. The summed E-state index contributed by atoms with van der Waals surface area (Å²) in [6, 6.07) is 2.15. The fraction of sp³-hybridized carbons (Fsp3) is 0.500. The quantitative estimate of drug-likeness (QED) is 0.755. The van der Waals surface area contributed by atoms with Crippen LogP contribution >= 0.6 is 15.9 Å². The summed E-state index contributed by atoms with van der Waals surface area (Å²) in [7, 11) is 0. The molecule has 13 heavy (non-hydrogen) atoms. The van der Waals surface area contributed by atoms with Gasteiger partial charge in [0.2, 0.25) is 0 Å². The second kappa shape index (κ2) is 2.98. The van der Waals surface area contributed by atoms with Crippen LogP contribution in [-0.4, -0.2) is 11.5 Å². The predicted octanol–water partition coefficient (Wildman–Crippen LogP) is 2.84. The van der Waals surface area contributed by atoms with Gasteiger partial charge in [0.05, 0.1) is 0 Å². The van der Waals surface area contributed by atoms with Gasteiger partial charge in [0.1, 0.15) is 5.82 Å². The Morgan fingerprint density at radius 2 is 2.31 bits per heavy atom. The van der Waals surface area contributed by atoms with Crippen molar-refractivity contribution in [2.75, 3.05) is 11.9 Å². The molecule has 0 saturated heterocycles. The number of hydrogen-bond acceptors (Lipinski definition) is 2. The summed E-state index contributed by atoms with van der Waals surface area (Å²) in [5.41, 5.74) is 1.65. The van der Waals surface area contributed by atoms with E-state index in [0.29, 0.717) is 5.41 Å². The molecule has 2 rings (SSSR count). The van der Waals surface area contributed by atoms with E-state index in [1.54, 1.807) is 0 Å². The zero-order valence-electron chi connectivity index (χ0n) is 7.89. The van der Waals surface area contributed by atoms with Crippen LogP contribution in [0.4, 0.5) is 5.82 Å². The average Bonchev–Trinajstić information content (AvgIpc) is 2.01. The lowest BCUT2D eigenvalue weighted by atomic mass is 9.83. The minimum atomic E-state index is 0.343. The van der Waals surface area contributed by atoms with Crippen LogP contribution in [-0.2, 0) is 6.42 Å². The number of anilines is 1. The number of pyridine rings is 1. The van der Waals surface area contributed by atoms with Crippen LogP contribution in [0.2, 0.25) is 0 Å². The van der Waals surface area contributed by atoms with Crippen molar-refractivity contribution in [3.8, 4) is 0 Å². The number of nitrogens with zero attached hydrogens (tertiary/aromatic N) is 1. The lowest BCUT2D eigenvalue weighted by Gasteiger charge is -2.31. The zero-order valence-corrected chi connectivity index (χ0v) is 9.48. The van der Waals surface area contributed by atoms with Gasteiger partial charge in [-0.1, -0.05) is 13.8 Å². The Balaban J connectivity index is 2.38. The van der Waals surface area contributed by atoms with Gasteiger partial charge in [0.15, 0.2) is 0 Å². The highest BCUT2D eigenvalue weighted by molar-refractivity contribution is 9.10. The van der Waals surface area contributed by atoms with E-state index in [2.05, 4.69) is 46.1 Å². The van der Waals surface area contributed by atoms with Gasteiger partial charge < -0.3 is 5.32 Å². The average molecular weight is 241 g/mol. The monoisotopic (exact) mass is 240 g/mol. The molecule has 1 aliphatic heterocycles. The molecule has 0 fully saturated rings. The normalized spacial score (nSPS) is 19.0. The van der Waals surface area contributed by atoms with Crippen molar-refractivity contribution in [3.63, 3.8) is 0 Å². The van der Waals surface area contributed by atoms with Crippen molar-refractivity contribution in [2.45, 2.75) is 20.3 Å². The van der Waals surface area contributed by atoms with Gasteiger partial charge in [-0.25, -0.2) is 4.98 Å². The molecule has 1 aromatic heterocycles. The number of nitrogens with one attached hydrogen (secondary N) is 1. The molecule has 0 aromatic carbocycles. The van der Waals surface area contributed by atoms with Gasteiger partial charge in [0, 0.05) is 17.2 Å². The van der Waals surface area contributed by atoms with Gasteiger partial charge in [-0.3, -0.25) is 0 Å². The lowest BCUT2D eigenvalue weighted by molar-refractivity contribution is 0.377. The number of halogens is 1. The molecule has 0 bridgehead atoms. The standard InChI is InChI=1S/C10H13BrN2/c1-10(2)4-7-3-8(11)5-12-9(7)13-6-10/h3,5H,4,6H2,1-2H3,(H,12,13). The van der Waals surface area contributed by atoms with Crippen LogP contribution < -0.4 is 5.32 Å². The minimum Gasteiger partial charge on any atom is -0.369 e. The largest absolute Gasteiger partial charge is 0.369 e. The maximum atomic E-state index is 4.33. The molecule has 0 atom stereocenters. The highest BCUT2D eigenvalue weighted by atomic mass is 79.9. The van der Waals surface area contributed by atoms with E-state index in [0.717, 1.165) is 23.3 Å². The SMILES string of the molecule is CC1(C)CNc2ncc(Br)cc2C1. The number of aromatic nitrogens is 1. The molecular formula is C10H13BrN2. The fourth-order valence-electron chi connectivity index (χ4n) is 1.68. The van der Waals surface area contributed by atoms with Crippen LogP contribution in [0.25, 0.3) is 0 Å². The van der Waals surface area contributed by atoms with Crippen molar-refractivity contribution in [2.24, 2.45) is 5.41 Å². The van der Waals surface area contributed by atoms with E-state index in [4.69, 9.17) is 0 Å². The van der Waals surface area contributed by atoms with E-state index < -0.39 is 0 Å². The minimum absolute atomic E-state index is 0.343. The highest BCUT2D eigenvalue weighted by Gasteiger charge is 2.25. The Kier molecular flexibility index (Phi) is 2.06. The number of rotatable bonds is 0. The molecule has 0 radical (unpaired) electrons. The maximum Gasteiger partial charge on any atom is 0.129 e. The topological polar surface area (TPSA) is 24.9 Å². The van der Waals surface area contributed by atoms with Crippen molar-refractivity contribution in [1.29, 1.82) is 0 Å². The molecule has 2 heterocycles. The van der Waals surface area contributed by atoms with E-state index >= 15 is 0 Å². The van der Waals surface area contributed by atoms with E-state index in [1.165, 1.54) is 5.56 Å². The summed E-state index contributed by atoms with van der Waals surface area (Å²) in [6.07, 6.45) is 2.94. The first-order chi connectivity index (χ1) is 6.07. The van der Waals surface area contributed by atoms with Crippen LogP contribution in [0.1, 0.15) is 19.4 Å². The third-order valence-corrected chi connectivity index (χ3v) is 2.77. The van der Waals surface area contributed by atoms with Crippen molar-refractivity contribution >= 4 is 21.7 Å². The summed E-state index contributed by atoms with van der Waals surface area (Å²) >= 11 is 3.44. The number of fused-ring (bicyclic) bond motifs is 1. The molecule has 1 N–H and O–H groups in total. The molecule has 2 nitrogen and oxygen atoms in total. The second-order valence-corrected chi connectivity index (χ2v) is 5.27. The smallest absolute Gasteiger partial charge is 0.129 e. The van der Waals surface area contributed by atoms with Gasteiger partial charge in [0.25, 0.3) is 0 Å². The number of hydrogen-bond donors (Lipinski definition) is 1. The summed E-state index contributed by atoms with van der Waals surface area (Å²) in [5, 5.41) is 3.35. The van der Waals surface area contributed by atoms with Crippen molar-refractivity contribution < 1.29 is 0 Å². The molecule has 0 saturated carbocycles. The third kappa shape index (κ3) is 1.85. The molecular weight excluding hydrogens is 228 g/mol. The van der Waals surface area contributed by atoms with Gasteiger partial charge in [-0.2, -0.15) is 0 Å². The van der Waals surface area contributed by atoms with Crippen LogP contribution in [0.15, 0.2) is 16.7 Å². The van der Waals surface area contributed by atoms with Crippen molar-refractivity contribution in [1.82, 2.24) is 4.98 Å². The first-order valence-corrected chi connectivity index (χ1v) is 5.24. The summed E-state index contributed by atoms with van der Waals surface area (Å²) in [6.45, 7) is 5.54. The Morgan fingerprint density at radius 1 is 1.54 bits per heavy atom. The zero-order chi connectivity index (χ0) is 9.47. The molecule has 0 unspecified atom stereocenters. The molecule has 0 spiro atoms. The van der Waals surface area contributed by atoms with Gasteiger partial charge in [-0.15, -0.1) is 0 Å². The highest BCUT2D eigenvalue weighted by Crippen LogP contribution is 2.31. The van der Waals surface area contributed by atoms with Gasteiger partial charge in [-0.05, 0) is 39.4 Å². The summed E-state index contributed by atoms with van der Waals surface area (Å²) in [4.78, 5) is 4.33. The molecule has 70 valence electrons. The Hall–Kier alpha value is -0.570. The Bertz CT molecular complexity index is 334. The Labute approximate surface area is 86.9 Å². The first-order valence-electron chi connectivity index (χ1n) is 4.45. The Morgan fingerprint density at radius 3 is 3.08 bits per heavy atom. The molecule has 1 aromatic rings. The summed E-state index contributed by atoms with van der Waals surface area (Å²) < 4.78 is 1.06. The van der Waals surface area contributed by atoms with Crippen LogP contribution in [0.3, 0.4) is 0 Å². The van der Waals surface area contributed by atoms with E-state index in [9.17, 15) is 0 Å². The maximum absolute atomic E-state index is 4.33. The van der Waals surface area contributed by atoms with Crippen LogP contribution in [0.5, 0.6) is 0 Å². The first kappa shape index (κ1) is 9.00. The molecule has 0 amide bonds. The molecule has 0 aliphatic carbocycles. The van der Waals surface area contributed by atoms with Crippen molar-refractivity contribution in [3.05, 3.63) is 22.3 Å². The molecule has 3 heteroatoms. The third-order valence-electron chi connectivity index (χ3n) is 2.34. The summed E-state index contributed by atoms with van der Waals surface area (Å²) in [5.74, 6) is 1.04. The van der Waals surface area contributed by atoms with Crippen LogP contribution in [0, 0.1) is 5.41 Å². The van der Waals surface area contributed by atoms with Gasteiger partial charge >= 0.3 is 0 Å². The second-order valence-electron chi connectivity index (χ2n) is 4.36. The van der Waals surface area contributed by atoms with E-state index in [-0.39, 0.29) is 0 Å². The fourth-order valence-corrected chi connectivity index (χ4v) is 2.05. The molecule has 1 aliphatic rings. The predicted molar refractivity (Wildman–Crippen MR) is 57.9 cm³/mol.